The first kappa shape index (κ1) is 15.5. The minimum Gasteiger partial charge on any atom is -0.335 e. The van der Waals surface area contributed by atoms with Gasteiger partial charge in [0.1, 0.15) is 5.82 Å². The van der Waals surface area contributed by atoms with Crippen molar-refractivity contribution in [2.45, 2.75) is 26.3 Å². The maximum Gasteiger partial charge on any atom is 0.211 e. The second kappa shape index (κ2) is 6.69. The maximum atomic E-state index is 11.3. The van der Waals surface area contributed by atoms with Gasteiger partial charge in [-0.15, -0.1) is 0 Å². The Kier molecular flexibility index (Phi) is 5.17. The standard InChI is InChI=1S/C13H24N4O2S/c1-3-20(18,19)15-7-8-16(2)10-12-4-5-13-14-6-9-17(13)11-12/h6,9,12,15H,3-5,7-8,10-11H2,1-2H3/t12-/m1/s1. The Morgan fingerprint density at radius 3 is 3.10 bits per heavy atom. The van der Waals surface area contributed by atoms with Crippen LogP contribution in [-0.2, 0) is 23.0 Å². The van der Waals surface area contributed by atoms with Gasteiger partial charge in [0.15, 0.2) is 0 Å². The van der Waals surface area contributed by atoms with E-state index in [2.05, 4.69) is 19.2 Å². The highest BCUT2D eigenvalue weighted by Gasteiger charge is 2.20. The van der Waals surface area contributed by atoms with Crippen molar-refractivity contribution < 1.29 is 8.42 Å². The summed E-state index contributed by atoms with van der Waals surface area (Å²) in [6, 6.07) is 0. The van der Waals surface area contributed by atoms with Crippen molar-refractivity contribution in [1.29, 1.82) is 0 Å². The van der Waals surface area contributed by atoms with Gasteiger partial charge < -0.3 is 9.47 Å². The number of rotatable bonds is 7. The van der Waals surface area contributed by atoms with Crippen LogP contribution in [0.5, 0.6) is 0 Å². The SMILES string of the molecule is CCS(=O)(=O)NCCN(C)C[C@H]1CCc2nccn2C1. The molecule has 0 fully saturated rings. The van der Waals surface area contributed by atoms with Gasteiger partial charge in [0.2, 0.25) is 10.0 Å². The summed E-state index contributed by atoms with van der Waals surface area (Å²) in [4.78, 5) is 6.53. The fraction of sp³-hybridized carbons (Fsp3) is 0.769. The summed E-state index contributed by atoms with van der Waals surface area (Å²) in [5, 5.41) is 0. The highest BCUT2D eigenvalue weighted by molar-refractivity contribution is 7.89. The van der Waals surface area contributed by atoms with Crippen LogP contribution in [0.3, 0.4) is 0 Å². The average Bonchev–Trinajstić information content (AvgIpc) is 2.86. The van der Waals surface area contributed by atoms with E-state index in [1.165, 1.54) is 5.82 Å². The van der Waals surface area contributed by atoms with Gasteiger partial charge >= 0.3 is 0 Å². The summed E-state index contributed by atoms with van der Waals surface area (Å²) < 4.78 is 27.5. The lowest BCUT2D eigenvalue weighted by molar-refractivity contribution is 0.237. The van der Waals surface area contributed by atoms with Crippen LogP contribution >= 0.6 is 0 Å². The molecule has 1 atom stereocenters. The van der Waals surface area contributed by atoms with Crippen LogP contribution in [0.15, 0.2) is 12.4 Å². The fourth-order valence-corrected chi connectivity index (χ4v) is 3.22. The van der Waals surface area contributed by atoms with E-state index >= 15 is 0 Å². The zero-order chi connectivity index (χ0) is 14.6. The monoisotopic (exact) mass is 300 g/mol. The first-order valence-electron chi connectivity index (χ1n) is 7.16. The molecule has 114 valence electrons. The van der Waals surface area contributed by atoms with Gasteiger partial charge in [-0.25, -0.2) is 18.1 Å². The lowest BCUT2D eigenvalue weighted by Crippen LogP contribution is -2.37. The smallest absolute Gasteiger partial charge is 0.211 e. The predicted molar refractivity (Wildman–Crippen MR) is 79.0 cm³/mol. The molecule has 2 rings (SSSR count). The van der Waals surface area contributed by atoms with E-state index < -0.39 is 10.0 Å². The van der Waals surface area contributed by atoms with Crippen molar-refractivity contribution in [2.24, 2.45) is 5.92 Å². The van der Waals surface area contributed by atoms with Crippen molar-refractivity contribution >= 4 is 10.0 Å². The Bertz CT molecular complexity index is 526. The van der Waals surface area contributed by atoms with E-state index in [4.69, 9.17) is 0 Å². The lowest BCUT2D eigenvalue weighted by Gasteiger charge is -2.28. The number of aryl methyl sites for hydroxylation is 1. The highest BCUT2D eigenvalue weighted by Crippen LogP contribution is 2.19. The Balaban J connectivity index is 1.72. The molecule has 0 unspecified atom stereocenters. The van der Waals surface area contributed by atoms with Gasteiger partial charge in [-0.1, -0.05) is 0 Å². The molecule has 1 aromatic rings. The van der Waals surface area contributed by atoms with Crippen molar-refractivity contribution in [3.8, 4) is 0 Å². The lowest BCUT2D eigenvalue weighted by atomic mass is 9.99. The topological polar surface area (TPSA) is 67.2 Å². The molecule has 1 N–H and O–H groups in total. The van der Waals surface area contributed by atoms with E-state index in [-0.39, 0.29) is 5.75 Å². The summed E-state index contributed by atoms with van der Waals surface area (Å²) in [6.45, 7) is 4.88. The summed E-state index contributed by atoms with van der Waals surface area (Å²) in [5.41, 5.74) is 0. The molecular formula is C13H24N4O2S. The minimum atomic E-state index is -3.07. The predicted octanol–water partition coefficient (Wildman–Crippen LogP) is 0.317. The van der Waals surface area contributed by atoms with Crippen LogP contribution in [0.1, 0.15) is 19.2 Å². The summed E-state index contributed by atoms with van der Waals surface area (Å²) in [6.07, 6.45) is 6.09. The Labute approximate surface area is 121 Å². The van der Waals surface area contributed by atoms with E-state index in [0.29, 0.717) is 12.5 Å². The zero-order valence-electron chi connectivity index (χ0n) is 12.2. The molecular weight excluding hydrogens is 276 g/mol. The molecule has 0 radical (unpaired) electrons. The third-order valence-corrected chi connectivity index (χ3v) is 5.20. The average molecular weight is 300 g/mol. The van der Waals surface area contributed by atoms with Crippen molar-refractivity contribution in [3.05, 3.63) is 18.2 Å². The Morgan fingerprint density at radius 1 is 1.55 bits per heavy atom. The molecule has 6 nitrogen and oxygen atoms in total. The molecule has 0 bridgehead atoms. The van der Waals surface area contributed by atoms with Crippen LogP contribution in [0, 0.1) is 5.92 Å². The normalized spacial score (nSPS) is 19.2. The van der Waals surface area contributed by atoms with E-state index in [0.717, 1.165) is 32.5 Å². The molecule has 7 heteroatoms. The fourth-order valence-electron chi connectivity index (χ4n) is 2.61. The van der Waals surface area contributed by atoms with E-state index in [1.54, 1.807) is 6.92 Å². The molecule has 20 heavy (non-hydrogen) atoms. The number of likely N-dealkylation sites (N-methyl/N-ethyl adjacent to an activating group) is 1. The molecule has 0 saturated carbocycles. The number of nitrogens with one attached hydrogen (secondary N) is 1. The van der Waals surface area contributed by atoms with Gasteiger partial charge in [-0.05, 0) is 26.3 Å². The van der Waals surface area contributed by atoms with Crippen LogP contribution in [0.4, 0.5) is 0 Å². The highest BCUT2D eigenvalue weighted by atomic mass is 32.2. The van der Waals surface area contributed by atoms with Crippen molar-refractivity contribution in [3.63, 3.8) is 0 Å². The molecule has 0 spiro atoms. The number of hydrogen-bond donors (Lipinski definition) is 1. The molecule has 1 aromatic heterocycles. The first-order chi connectivity index (χ1) is 9.50. The third kappa shape index (κ3) is 4.29. The maximum absolute atomic E-state index is 11.3. The van der Waals surface area contributed by atoms with Crippen LogP contribution in [0.25, 0.3) is 0 Å². The summed E-state index contributed by atoms with van der Waals surface area (Å²) >= 11 is 0. The molecule has 2 heterocycles. The summed E-state index contributed by atoms with van der Waals surface area (Å²) in [7, 11) is -1.02. The number of fused-ring (bicyclic) bond motifs is 1. The molecule has 0 amide bonds. The molecule has 0 aromatic carbocycles. The third-order valence-electron chi connectivity index (χ3n) is 3.80. The quantitative estimate of drug-likeness (QED) is 0.787. The second-order valence-electron chi connectivity index (χ2n) is 5.46. The molecule has 1 aliphatic rings. The largest absolute Gasteiger partial charge is 0.335 e. The van der Waals surface area contributed by atoms with Gasteiger partial charge in [-0.3, -0.25) is 0 Å². The molecule has 0 saturated heterocycles. The van der Waals surface area contributed by atoms with Gasteiger partial charge in [0, 0.05) is 45.0 Å². The van der Waals surface area contributed by atoms with Gasteiger partial charge in [0.05, 0.1) is 5.75 Å². The molecule has 1 aliphatic heterocycles. The first-order valence-corrected chi connectivity index (χ1v) is 8.81. The number of imidazole rings is 1. The minimum absolute atomic E-state index is 0.142. The second-order valence-corrected chi connectivity index (χ2v) is 7.56. The van der Waals surface area contributed by atoms with Crippen molar-refractivity contribution in [1.82, 2.24) is 19.2 Å². The Morgan fingerprint density at radius 2 is 2.35 bits per heavy atom. The number of hydrogen-bond acceptors (Lipinski definition) is 4. The van der Waals surface area contributed by atoms with Gasteiger partial charge in [0.25, 0.3) is 0 Å². The summed E-state index contributed by atoms with van der Waals surface area (Å²) in [5.74, 6) is 1.94. The number of sulfonamides is 1. The number of nitrogens with zero attached hydrogens (tertiary/aromatic N) is 3. The zero-order valence-corrected chi connectivity index (χ0v) is 13.1. The van der Waals surface area contributed by atoms with Crippen LogP contribution < -0.4 is 4.72 Å². The number of aromatic nitrogens is 2. The van der Waals surface area contributed by atoms with E-state index in [9.17, 15) is 8.42 Å². The van der Waals surface area contributed by atoms with Crippen LogP contribution in [0.2, 0.25) is 0 Å². The van der Waals surface area contributed by atoms with Gasteiger partial charge in [-0.2, -0.15) is 0 Å². The van der Waals surface area contributed by atoms with E-state index in [1.807, 2.05) is 19.4 Å². The molecule has 0 aliphatic carbocycles. The van der Waals surface area contributed by atoms with Crippen molar-refractivity contribution in [2.75, 3.05) is 32.4 Å². The Hall–Kier alpha value is -0.920. The van der Waals surface area contributed by atoms with Crippen LogP contribution in [-0.4, -0.2) is 55.3 Å².